The molecule has 1 saturated carbocycles. The van der Waals surface area contributed by atoms with E-state index in [1.54, 1.807) is 6.92 Å². The molecule has 18 heavy (non-hydrogen) atoms. The highest BCUT2D eigenvalue weighted by atomic mass is 16.5. The maximum atomic E-state index is 11.6. The first-order valence-corrected chi connectivity index (χ1v) is 6.78. The molecule has 3 N–H and O–H groups in total. The number of nitrogens with one attached hydrogen (secondary N) is 2. The molecule has 2 unspecified atom stereocenters. The molecule has 1 amide bonds. The molecule has 0 aromatic carbocycles. The average Bonchev–Trinajstić information content (AvgIpc) is 3.08. The Bertz CT molecular complexity index is 255. The van der Waals surface area contributed by atoms with E-state index in [0.29, 0.717) is 19.1 Å². The van der Waals surface area contributed by atoms with Crippen LogP contribution >= 0.6 is 0 Å². The molecular formula is C13H26N2O3. The number of hydrogen-bond donors (Lipinski definition) is 3. The fourth-order valence-corrected chi connectivity index (χ4v) is 1.53. The molecule has 0 aliphatic heterocycles. The standard InChI is InChI=1S/C13H26N2O3/c1-9(2)15-13(17)10(3)14-6-12(16)8-18-7-11-4-5-11/h9-12,14,16H,4-8H2,1-3H3,(H,15,17). The Labute approximate surface area is 109 Å². The van der Waals surface area contributed by atoms with Crippen LogP contribution in [0.1, 0.15) is 33.6 Å². The maximum Gasteiger partial charge on any atom is 0.237 e. The van der Waals surface area contributed by atoms with Gasteiger partial charge in [-0.3, -0.25) is 4.79 Å². The Morgan fingerprint density at radius 2 is 2.06 bits per heavy atom. The zero-order valence-corrected chi connectivity index (χ0v) is 11.6. The lowest BCUT2D eigenvalue weighted by Gasteiger charge is -2.18. The minimum Gasteiger partial charge on any atom is -0.389 e. The van der Waals surface area contributed by atoms with Crippen molar-refractivity contribution in [3.8, 4) is 0 Å². The van der Waals surface area contributed by atoms with Crippen LogP contribution < -0.4 is 10.6 Å². The van der Waals surface area contributed by atoms with Crippen LogP contribution in [0.2, 0.25) is 0 Å². The third kappa shape index (κ3) is 6.93. The van der Waals surface area contributed by atoms with Crippen molar-refractivity contribution in [1.82, 2.24) is 10.6 Å². The number of hydrogen-bond acceptors (Lipinski definition) is 4. The van der Waals surface area contributed by atoms with E-state index in [1.165, 1.54) is 12.8 Å². The minimum atomic E-state index is -0.557. The van der Waals surface area contributed by atoms with E-state index in [-0.39, 0.29) is 18.0 Å². The summed E-state index contributed by atoms with van der Waals surface area (Å²) in [5.74, 6) is 0.664. The van der Waals surface area contributed by atoms with Gasteiger partial charge in [0.05, 0.1) is 18.8 Å². The number of aliphatic hydroxyl groups is 1. The number of ether oxygens (including phenoxy) is 1. The summed E-state index contributed by atoms with van der Waals surface area (Å²) in [4.78, 5) is 11.6. The molecule has 0 heterocycles. The molecule has 0 radical (unpaired) electrons. The van der Waals surface area contributed by atoms with Gasteiger partial charge in [-0.05, 0) is 39.5 Å². The van der Waals surface area contributed by atoms with Crippen LogP contribution in [0.25, 0.3) is 0 Å². The van der Waals surface area contributed by atoms with Gasteiger partial charge < -0.3 is 20.5 Å². The van der Waals surface area contributed by atoms with Gasteiger partial charge in [-0.1, -0.05) is 0 Å². The SMILES string of the molecule is CC(C)NC(=O)C(C)NCC(O)COCC1CC1. The Balaban J connectivity index is 2.04. The monoisotopic (exact) mass is 258 g/mol. The molecule has 0 saturated heterocycles. The fourth-order valence-electron chi connectivity index (χ4n) is 1.53. The van der Waals surface area contributed by atoms with E-state index in [4.69, 9.17) is 4.74 Å². The molecule has 1 aliphatic rings. The molecule has 106 valence electrons. The largest absolute Gasteiger partial charge is 0.389 e. The van der Waals surface area contributed by atoms with E-state index >= 15 is 0 Å². The van der Waals surface area contributed by atoms with E-state index < -0.39 is 6.10 Å². The van der Waals surface area contributed by atoms with Crippen LogP contribution in [-0.4, -0.2) is 49.0 Å². The van der Waals surface area contributed by atoms with Crippen molar-refractivity contribution in [2.75, 3.05) is 19.8 Å². The lowest BCUT2D eigenvalue weighted by molar-refractivity contribution is -0.123. The summed E-state index contributed by atoms with van der Waals surface area (Å²) in [6, 6.07) is -0.168. The first kappa shape index (κ1) is 15.4. The van der Waals surface area contributed by atoms with Crippen LogP contribution in [0.4, 0.5) is 0 Å². The molecule has 5 nitrogen and oxygen atoms in total. The summed E-state index contributed by atoms with van der Waals surface area (Å²) < 4.78 is 5.39. The molecule has 1 rings (SSSR count). The summed E-state index contributed by atoms with van der Waals surface area (Å²) in [6.07, 6.45) is 1.94. The molecule has 0 aromatic heterocycles. The Hall–Kier alpha value is -0.650. The highest BCUT2D eigenvalue weighted by Crippen LogP contribution is 2.28. The lowest BCUT2D eigenvalue weighted by Crippen LogP contribution is -2.47. The predicted octanol–water partition coefficient (Wildman–Crippen LogP) is 0.277. The van der Waals surface area contributed by atoms with Crippen LogP contribution in [0.15, 0.2) is 0 Å². The summed E-state index contributed by atoms with van der Waals surface area (Å²) in [7, 11) is 0. The van der Waals surface area contributed by atoms with Gasteiger partial charge in [-0.25, -0.2) is 0 Å². The maximum absolute atomic E-state index is 11.6. The number of amides is 1. The summed E-state index contributed by atoms with van der Waals surface area (Å²) in [5, 5.41) is 15.5. The number of aliphatic hydroxyl groups excluding tert-OH is 1. The molecule has 2 atom stereocenters. The summed E-state index contributed by atoms with van der Waals surface area (Å²) >= 11 is 0. The van der Waals surface area contributed by atoms with Gasteiger partial charge in [-0.15, -0.1) is 0 Å². The van der Waals surface area contributed by atoms with E-state index in [0.717, 1.165) is 6.61 Å². The van der Waals surface area contributed by atoms with Crippen molar-refractivity contribution in [2.45, 2.75) is 51.8 Å². The summed E-state index contributed by atoms with van der Waals surface area (Å²) in [6.45, 7) is 7.09. The van der Waals surface area contributed by atoms with Gasteiger partial charge >= 0.3 is 0 Å². The summed E-state index contributed by atoms with van der Waals surface area (Å²) in [5.41, 5.74) is 0. The molecule has 5 heteroatoms. The zero-order chi connectivity index (χ0) is 13.5. The predicted molar refractivity (Wildman–Crippen MR) is 70.3 cm³/mol. The Morgan fingerprint density at radius 1 is 1.39 bits per heavy atom. The smallest absolute Gasteiger partial charge is 0.237 e. The quantitative estimate of drug-likeness (QED) is 0.555. The van der Waals surface area contributed by atoms with Crippen molar-refractivity contribution >= 4 is 5.91 Å². The minimum absolute atomic E-state index is 0.0453. The molecular weight excluding hydrogens is 232 g/mol. The second-order valence-corrected chi connectivity index (χ2v) is 5.43. The van der Waals surface area contributed by atoms with E-state index in [9.17, 15) is 9.90 Å². The first-order chi connectivity index (χ1) is 8.49. The zero-order valence-electron chi connectivity index (χ0n) is 11.6. The van der Waals surface area contributed by atoms with Gasteiger partial charge in [0, 0.05) is 19.2 Å². The van der Waals surface area contributed by atoms with Crippen LogP contribution in [0.3, 0.4) is 0 Å². The molecule has 1 fully saturated rings. The van der Waals surface area contributed by atoms with Crippen LogP contribution in [0.5, 0.6) is 0 Å². The van der Waals surface area contributed by atoms with Crippen molar-refractivity contribution in [3.05, 3.63) is 0 Å². The van der Waals surface area contributed by atoms with Crippen LogP contribution in [0, 0.1) is 5.92 Å². The van der Waals surface area contributed by atoms with E-state index in [1.807, 2.05) is 13.8 Å². The second-order valence-electron chi connectivity index (χ2n) is 5.43. The fraction of sp³-hybridized carbons (Fsp3) is 0.923. The number of carbonyl (C=O) groups is 1. The Kier molecular flexibility index (Phi) is 6.60. The third-order valence-corrected chi connectivity index (χ3v) is 2.84. The molecule has 1 aliphatic carbocycles. The highest BCUT2D eigenvalue weighted by Gasteiger charge is 2.21. The van der Waals surface area contributed by atoms with Crippen LogP contribution in [-0.2, 0) is 9.53 Å². The van der Waals surface area contributed by atoms with Gasteiger partial charge in [0.1, 0.15) is 0 Å². The van der Waals surface area contributed by atoms with Crippen molar-refractivity contribution in [2.24, 2.45) is 5.92 Å². The molecule has 0 spiro atoms. The van der Waals surface area contributed by atoms with Crippen molar-refractivity contribution in [3.63, 3.8) is 0 Å². The Morgan fingerprint density at radius 3 is 2.61 bits per heavy atom. The normalized spacial score (nSPS) is 18.7. The van der Waals surface area contributed by atoms with Gasteiger partial charge in [-0.2, -0.15) is 0 Å². The molecule has 0 aromatic rings. The third-order valence-electron chi connectivity index (χ3n) is 2.84. The number of rotatable bonds is 9. The van der Waals surface area contributed by atoms with Gasteiger partial charge in [0.25, 0.3) is 0 Å². The lowest BCUT2D eigenvalue weighted by atomic mass is 10.2. The van der Waals surface area contributed by atoms with Crippen molar-refractivity contribution in [1.29, 1.82) is 0 Å². The first-order valence-electron chi connectivity index (χ1n) is 6.78. The second kappa shape index (κ2) is 7.71. The van der Waals surface area contributed by atoms with Gasteiger partial charge in [0.15, 0.2) is 0 Å². The number of carbonyl (C=O) groups excluding carboxylic acids is 1. The van der Waals surface area contributed by atoms with Gasteiger partial charge in [0.2, 0.25) is 5.91 Å². The van der Waals surface area contributed by atoms with Crippen molar-refractivity contribution < 1.29 is 14.6 Å². The topological polar surface area (TPSA) is 70.6 Å². The van der Waals surface area contributed by atoms with E-state index in [2.05, 4.69) is 10.6 Å². The average molecular weight is 258 g/mol. The highest BCUT2D eigenvalue weighted by molar-refractivity contribution is 5.81. The molecule has 0 bridgehead atoms.